The maximum Gasteiger partial charge on any atom is 0.305 e. The van der Waals surface area contributed by atoms with Gasteiger partial charge in [-0.1, -0.05) is 30.3 Å². The molecule has 0 aliphatic heterocycles. The van der Waals surface area contributed by atoms with Gasteiger partial charge >= 0.3 is 5.97 Å². The predicted molar refractivity (Wildman–Crippen MR) is 74.9 cm³/mol. The summed E-state index contributed by atoms with van der Waals surface area (Å²) in [4.78, 5) is 10.9. The van der Waals surface area contributed by atoms with Crippen molar-refractivity contribution in [3.8, 4) is 0 Å². The molecule has 1 aromatic rings. The van der Waals surface area contributed by atoms with Crippen molar-refractivity contribution in [1.82, 2.24) is 4.72 Å². The number of hydrogen-bond donors (Lipinski definition) is 2. The lowest BCUT2D eigenvalue weighted by atomic mass is 10.1. The summed E-state index contributed by atoms with van der Waals surface area (Å²) in [6.07, 6.45) is -0.308. The van der Waals surface area contributed by atoms with E-state index in [4.69, 9.17) is 9.84 Å². The maximum absolute atomic E-state index is 11.9. The van der Waals surface area contributed by atoms with Gasteiger partial charge in [-0.3, -0.25) is 4.79 Å². The van der Waals surface area contributed by atoms with Crippen molar-refractivity contribution >= 4 is 16.0 Å². The van der Waals surface area contributed by atoms with Gasteiger partial charge in [0.25, 0.3) is 0 Å². The molecular formula is C13H19NO5S. The quantitative estimate of drug-likeness (QED) is 0.668. The molecule has 1 aromatic carbocycles. The number of sulfonamides is 1. The van der Waals surface area contributed by atoms with Crippen LogP contribution in [-0.4, -0.2) is 38.5 Å². The molecule has 0 spiro atoms. The van der Waals surface area contributed by atoms with E-state index in [2.05, 4.69) is 4.72 Å². The number of carboxylic acid groups (broad SMARTS) is 1. The lowest BCUT2D eigenvalue weighted by Gasteiger charge is -2.17. The van der Waals surface area contributed by atoms with Gasteiger partial charge in [-0.05, 0) is 12.5 Å². The van der Waals surface area contributed by atoms with Gasteiger partial charge in [0.2, 0.25) is 10.0 Å². The van der Waals surface area contributed by atoms with E-state index in [-0.39, 0.29) is 18.8 Å². The van der Waals surface area contributed by atoms with Crippen LogP contribution >= 0.6 is 0 Å². The van der Waals surface area contributed by atoms with E-state index in [1.165, 1.54) is 0 Å². The molecule has 1 atom stereocenters. The molecule has 2 N–H and O–H groups in total. The molecule has 0 bridgehead atoms. The normalized spacial score (nSPS) is 13.1. The predicted octanol–water partition coefficient (Wildman–Crippen LogP) is 1.16. The van der Waals surface area contributed by atoms with Crippen molar-refractivity contribution in [1.29, 1.82) is 0 Å². The van der Waals surface area contributed by atoms with Crippen LogP contribution in [0, 0.1) is 0 Å². The molecule has 0 aromatic heterocycles. The van der Waals surface area contributed by atoms with Crippen LogP contribution in [0.1, 0.15) is 24.9 Å². The van der Waals surface area contributed by atoms with Crippen molar-refractivity contribution in [3.05, 3.63) is 35.9 Å². The van der Waals surface area contributed by atoms with Gasteiger partial charge < -0.3 is 9.84 Å². The zero-order valence-electron chi connectivity index (χ0n) is 11.3. The fourth-order valence-electron chi connectivity index (χ4n) is 1.68. The van der Waals surface area contributed by atoms with Crippen LogP contribution in [0.4, 0.5) is 0 Å². The van der Waals surface area contributed by atoms with Crippen molar-refractivity contribution < 1.29 is 23.1 Å². The van der Waals surface area contributed by atoms with Crippen LogP contribution in [0.15, 0.2) is 30.3 Å². The number of benzene rings is 1. The zero-order valence-corrected chi connectivity index (χ0v) is 12.1. The monoisotopic (exact) mass is 301 g/mol. The third-order valence-corrected chi connectivity index (χ3v) is 3.95. The van der Waals surface area contributed by atoms with Gasteiger partial charge in [0.05, 0.1) is 24.8 Å². The minimum Gasteiger partial charge on any atom is -0.481 e. The van der Waals surface area contributed by atoms with Crippen LogP contribution < -0.4 is 4.72 Å². The fraction of sp³-hybridized carbons (Fsp3) is 0.462. The molecule has 1 rings (SSSR count). The summed E-state index contributed by atoms with van der Waals surface area (Å²) >= 11 is 0. The average Bonchev–Trinajstić information content (AvgIpc) is 2.38. The molecule has 112 valence electrons. The first kappa shape index (κ1) is 16.6. The second kappa shape index (κ2) is 7.98. The standard InChI is InChI=1S/C13H19NO5S/c1-2-19-8-9-20(17,18)14-12(10-13(15)16)11-6-4-3-5-7-11/h3-7,12,14H,2,8-10H2,1H3,(H,15,16). The van der Waals surface area contributed by atoms with Gasteiger partial charge in [-0.2, -0.15) is 0 Å². The Morgan fingerprint density at radius 3 is 2.55 bits per heavy atom. The van der Waals surface area contributed by atoms with Gasteiger partial charge in [0.15, 0.2) is 0 Å². The number of carbonyl (C=O) groups is 1. The van der Waals surface area contributed by atoms with Gasteiger partial charge in [0.1, 0.15) is 0 Å². The van der Waals surface area contributed by atoms with E-state index in [9.17, 15) is 13.2 Å². The first-order chi connectivity index (χ1) is 9.44. The van der Waals surface area contributed by atoms with Crippen molar-refractivity contribution in [2.24, 2.45) is 0 Å². The van der Waals surface area contributed by atoms with Gasteiger partial charge in [0, 0.05) is 6.61 Å². The van der Waals surface area contributed by atoms with E-state index in [1.54, 1.807) is 37.3 Å². The molecule has 7 heteroatoms. The topological polar surface area (TPSA) is 92.7 Å². The highest BCUT2D eigenvalue weighted by Gasteiger charge is 2.21. The summed E-state index contributed by atoms with van der Waals surface area (Å²) in [5, 5.41) is 8.90. The third kappa shape index (κ3) is 6.14. The lowest BCUT2D eigenvalue weighted by molar-refractivity contribution is -0.137. The first-order valence-electron chi connectivity index (χ1n) is 6.29. The van der Waals surface area contributed by atoms with Crippen LogP contribution in [-0.2, 0) is 19.6 Å². The molecule has 0 radical (unpaired) electrons. The number of hydrogen-bond acceptors (Lipinski definition) is 4. The summed E-state index contributed by atoms with van der Waals surface area (Å²) in [7, 11) is -3.59. The number of aliphatic carboxylic acids is 1. The van der Waals surface area contributed by atoms with Crippen molar-refractivity contribution in [3.63, 3.8) is 0 Å². The average molecular weight is 301 g/mol. The van der Waals surface area contributed by atoms with Gasteiger partial charge in [-0.15, -0.1) is 0 Å². The minimum atomic E-state index is -3.59. The number of ether oxygens (including phenoxy) is 1. The molecule has 0 amide bonds. The Balaban J connectivity index is 2.77. The molecule has 0 aliphatic rings. The summed E-state index contributed by atoms with van der Waals surface area (Å²) in [5.74, 6) is -1.25. The molecule has 0 fully saturated rings. The van der Waals surface area contributed by atoms with E-state index in [0.717, 1.165) is 0 Å². The Morgan fingerprint density at radius 2 is 2.00 bits per heavy atom. The Kier molecular flexibility index (Phi) is 6.63. The minimum absolute atomic E-state index is 0.0837. The van der Waals surface area contributed by atoms with Gasteiger partial charge in [-0.25, -0.2) is 13.1 Å². The molecule has 6 nitrogen and oxygen atoms in total. The Bertz CT molecular complexity index is 515. The fourth-order valence-corrected chi connectivity index (χ4v) is 2.78. The number of carboxylic acids is 1. The second-order valence-electron chi connectivity index (χ2n) is 4.19. The zero-order chi connectivity index (χ0) is 15.0. The molecule has 20 heavy (non-hydrogen) atoms. The van der Waals surface area contributed by atoms with E-state index >= 15 is 0 Å². The SMILES string of the molecule is CCOCCS(=O)(=O)NC(CC(=O)O)c1ccccc1. The van der Waals surface area contributed by atoms with Crippen molar-refractivity contribution in [2.75, 3.05) is 19.0 Å². The molecule has 0 heterocycles. The van der Waals surface area contributed by atoms with E-state index in [0.29, 0.717) is 12.2 Å². The highest BCUT2D eigenvalue weighted by Crippen LogP contribution is 2.17. The molecular weight excluding hydrogens is 282 g/mol. The smallest absolute Gasteiger partial charge is 0.305 e. The van der Waals surface area contributed by atoms with E-state index in [1.807, 2.05) is 0 Å². The number of nitrogens with one attached hydrogen (secondary N) is 1. The Labute approximate surface area is 118 Å². The summed E-state index contributed by atoms with van der Waals surface area (Å²) in [6, 6.07) is 7.86. The Hall–Kier alpha value is -1.44. The second-order valence-corrected chi connectivity index (χ2v) is 6.07. The highest BCUT2D eigenvalue weighted by atomic mass is 32.2. The van der Waals surface area contributed by atoms with Crippen LogP contribution in [0.5, 0.6) is 0 Å². The van der Waals surface area contributed by atoms with Crippen LogP contribution in [0.2, 0.25) is 0 Å². The summed E-state index contributed by atoms with van der Waals surface area (Å²) in [6.45, 7) is 2.30. The molecule has 0 aliphatic carbocycles. The molecule has 0 saturated carbocycles. The maximum atomic E-state index is 11.9. The lowest BCUT2D eigenvalue weighted by Crippen LogP contribution is -2.33. The molecule has 1 unspecified atom stereocenters. The molecule has 0 saturated heterocycles. The Morgan fingerprint density at radius 1 is 1.35 bits per heavy atom. The summed E-state index contributed by atoms with van der Waals surface area (Å²) in [5.41, 5.74) is 0.620. The van der Waals surface area contributed by atoms with Crippen LogP contribution in [0.25, 0.3) is 0 Å². The van der Waals surface area contributed by atoms with Crippen molar-refractivity contribution in [2.45, 2.75) is 19.4 Å². The largest absolute Gasteiger partial charge is 0.481 e. The summed E-state index contributed by atoms with van der Waals surface area (Å²) < 4.78 is 31.2. The highest BCUT2D eigenvalue weighted by molar-refractivity contribution is 7.89. The van der Waals surface area contributed by atoms with Crippen LogP contribution in [0.3, 0.4) is 0 Å². The number of rotatable bonds is 9. The first-order valence-corrected chi connectivity index (χ1v) is 7.94. The third-order valence-electron chi connectivity index (χ3n) is 2.60. The van der Waals surface area contributed by atoms with E-state index < -0.39 is 22.0 Å².